The number of methoxy groups -OCH3 is 1. The second-order valence-corrected chi connectivity index (χ2v) is 8.33. The lowest BCUT2D eigenvalue weighted by atomic mass is 9.89. The van der Waals surface area contributed by atoms with Gasteiger partial charge in [0.25, 0.3) is 0 Å². The topological polar surface area (TPSA) is 35.5 Å². The molecule has 0 saturated heterocycles. The number of esters is 1. The van der Waals surface area contributed by atoms with Gasteiger partial charge in [-0.2, -0.15) is 13.2 Å². The third-order valence-electron chi connectivity index (χ3n) is 5.02. The molecule has 1 aromatic carbocycles. The molecule has 1 aromatic rings. The number of ether oxygens (including phenoxy) is 2. The highest BCUT2D eigenvalue weighted by Crippen LogP contribution is 2.38. The van der Waals surface area contributed by atoms with Crippen molar-refractivity contribution < 1.29 is 27.4 Å². The molecule has 0 unspecified atom stereocenters. The minimum absolute atomic E-state index is 0.229. The molecule has 3 nitrogen and oxygen atoms in total. The van der Waals surface area contributed by atoms with Crippen LogP contribution in [0.3, 0.4) is 0 Å². The number of alkyl halides is 3. The van der Waals surface area contributed by atoms with Gasteiger partial charge in [0.2, 0.25) is 0 Å². The SMILES string of the molecule is CCCCOc1c(/C(C)=C/C=C/C(=C/C(=O)OC)C(F)(F)F)cc(C(C)C)cc1C(C)C. The van der Waals surface area contributed by atoms with Crippen molar-refractivity contribution in [1.29, 1.82) is 0 Å². The number of benzene rings is 1. The zero-order valence-corrected chi connectivity index (χ0v) is 20.1. The van der Waals surface area contributed by atoms with Gasteiger partial charge in [-0.1, -0.05) is 59.3 Å². The molecule has 0 saturated carbocycles. The molecular formula is C26H35F3O3. The summed E-state index contributed by atoms with van der Waals surface area (Å²) < 4.78 is 50.1. The quantitative estimate of drug-likeness (QED) is 0.158. The van der Waals surface area contributed by atoms with E-state index in [-0.39, 0.29) is 5.92 Å². The highest BCUT2D eigenvalue weighted by atomic mass is 19.4. The highest BCUT2D eigenvalue weighted by Gasteiger charge is 2.32. The fourth-order valence-corrected chi connectivity index (χ4v) is 3.01. The predicted octanol–water partition coefficient (Wildman–Crippen LogP) is 7.73. The fourth-order valence-electron chi connectivity index (χ4n) is 3.01. The van der Waals surface area contributed by atoms with Crippen LogP contribution >= 0.6 is 0 Å². The molecule has 0 aliphatic heterocycles. The smallest absolute Gasteiger partial charge is 0.416 e. The van der Waals surface area contributed by atoms with E-state index in [9.17, 15) is 18.0 Å². The molecule has 32 heavy (non-hydrogen) atoms. The fraction of sp³-hybridized carbons (Fsp3) is 0.500. The van der Waals surface area contributed by atoms with Crippen molar-refractivity contribution in [2.24, 2.45) is 0 Å². The Bertz CT molecular complexity index is 860. The summed E-state index contributed by atoms with van der Waals surface area (Å²) in [7, 11) is 1.04. The number of hydrogen-bond donors (Lipinski definition) is 0. The van der Waals surface area contributed by atoms with Gasteiger partial charge in [0, 0.05) is 11.6 Å². The van der Waals surface area contributed by atoms with Crippen LogP contribution in [0.5, 0.6) is 5.75 Å². The summed E-state index contributed by atoms with van der Waals surface area (Å²) in [5.41, 5.74) is 2.79. The molecule has 178 valence electrons. The van der Waals surface area contributed by atoms with E-state index >= 15 is 0 Å². The third kappa shape index (κ3) is 8.21. The summed E-state index contributed by atoms with van der Waals surface area (Å²) in [6, 6.07) is 4.20. The van der Waals surface area contributed by atoms with Crippen LogP contribution in [0.15, 0.2) is 42.0 Å². The molecule has 0 N–H and O–H groups in total. The van der Waals surface area contributed by atoms with Crippen LogP contribution in [-0.2, 0) is 9.53 Å². The summed E-state index contributed by atoms with van der Waals surface area (Å²) in [5.74, 6) is 0.244. The average Bonchev–Trinajstić information content (AvgIpc) is 2.71. The Morgan fingerprint density at radius 1 is 1.12 bits per heavy atom. The van der Waals surface area contributed by atoms with Crippen LogP contribution in [0.25, 0.3) is 5.57 Å². The summed E-state index contributed by atoms with van der Waals surface area (Å²) >= 11 is 0. The molecule has 0 fully saturated rings. The Balaban J connectivity index is 3.49. The number of carbonyl (C=O) groups is 1. The van der Waals surface area contributed by atoms with Gasteiger partial charge in [0.05, 0.1) is 19.3 Å². The number of carbonyl (C=O) groups excluding carboxylic acids is 1. The molecule has 0 bridgehead atoms. The second-order valence-electron chi connectivity index (χ2n) is 8.33. The van der Waals surface area contributed by atoms with Crippen molar-refractivity contribution in [2.75, 3.05) is 13.7 Å². The Kier molecular flexibility index (Phi) is 10.8. The van der Waals surface area contributed by atoms with Crippen LogP contribution in [0, 0.1) is 0 Å². The number of halogens is 3. The molecule has 0 atom stereocenters. The molecule has 0 heterocycles. The molecular weight excluding hydrogens is 417 g/mol. The maximum absolute atomic E-state index is 13.2. The summed E-state index contributed by atoms with van der Waals surface area (Å²) in [6.07, 6.45) is 1.46. The molecule has 6 heteroatoms. The van der Waals surface area contributed by atoms with Crippen molar-refractivity contribution in [3.8, 4) is 5.75 Å². The second kappa shape index (κ2) is 12.5. The van der Waals surface area contributed by atoms with E-state index in [1.165, 1.54) is 6.08 Å². The Hall–Kier alpha value is -2.50. The molecule has 0 aliphatic rings. The van der Waals surface area contributed by atoms with Crippen LogP contribution in [0.4, 0.5) is 13.2 Å². The van der Waals surface area contributed by atoms with Gasteiger partial charge in [-0.25, -0.2) is 4.79 Å². The Morgan fingerprint density at radius 2 is 1.78 bits per heavy atom. The molecule has 0 aromatic heterocycles. The van der Waals surface area contributed by atoms with Crippen LogP contribution in [-0.4, -0.2) is 25.9 Å². The summed E-state index contributed by atoms with van der Waals surface area (Å²) in [6.45, 7) is 12.9. The summed E-state index contributed by atoms with van der Waals surface area (Å²) in [5, 5.41) is 0. The first kappa shape index (κ1) is 27.5. The Morgan fingerprint density at radius 3 is 2.28 bits per heavy atom. The monoisotopic (exact) mass is 452 g/mol. The van der Waals surface area contributed by atoms with Crippen LogP contribution < -0.4 is 4.74 Å². The van der Waals surface area contributed by atoms with Crippen LogP contribution in [0.2, 0.25) is 0 Å². The summed E-state index contributed by atoms with van der Waals surface area (Å²) in [4.78, 5) is 11.3. The zero-order chi connectivity index (χ0) is 24.5. The number of hydrogen-bond acceptors (Lipinski definition) is 3. The van der Waals surface area contributed by atoms with E-state index in [1.54, 1.807) is 6.08 Å². The van der Waals surface area contributed by atoms with E-state index in [0.717, 1.165) is 54.0 Å². The maximum atomic E-state index is 13.2. The average molecular weight is 453 g/mol. The number of rotatable bonds is 10. The van der Waals surface area contributed by atoms with Crippen molar-refractivity contribution >= 4 is 11.5 Å². The highest BCUT2D eigenvalue weighted by molar-refractivity contribution is 5.83. The molecule has 0 amide bonds. The first-order valence-corrected chi connectivity index (χ1v) is 10.9. The van der Waals surface area contributed by atoms with Gasteiger partial charge in [0.1, 0.15) is 5.75 Å². The van der Waals surface area contributed by atoms with Gasteiger partial charge in [-0.15, -0.1) is 0 Å². The number of allylic oxidation sites excluding steroid dienone is 5. The maximum Gasteiger partial charge on any atom is 0.416 e. The largest absolute Gasteiger partial charge is 0.493 e. The predicted molar refractivity (Wildman–Crippen MR) is 124 cm³/mol. The zero-order valence-electron chi connectivity index (χ0n) is 20.1. The lowest BCUT2D eigenvalue weighted by Gasteiger charge is -2.21. The van der Waals surface area contributed by atoms with Crippen molar-refractivity contribution in [1.82, 2.24) is 0 Å². The first-order chi connectivity index (χ1) is 14.9. The van der Waals surface area contributed by atoms with Crippen molar-refractivity contribution in [3.63, 3.8) is 0 Å². The van der Waals surface area contributed by atoms with E-state index in [2.05, 4.69) is 45.4 Å². The van der Waals surface area contributed by atoms with E-state index in [4.69, 9.17) is 4.74 Å². The van der Waals surface area contributed by atoms with Gasteiger partial charge in [0.15, 0.2) is 0 Å². The molecule has 1 rings (SSSR count). The third-order valence-corrected chi connectivity index (χ3v) is 5.02. The van der Waals surface area contributed by atoms with Gasteiger partial charge in [-0.3, -0.25) is 0 Å². The molecule has 0 spiro atoms. The van der Waals surface area contributed by atoms with Gasteiger partial charge >= 0.3 is 12.1 Å². The van der Waals surface area contributed by atoms with Crippen molar-refractivity contribution in [3.05, 3.63) is 58.7 Å². The standard InChI is InChI=1S/C26H35F3O3/c1-8-9-13-32-25-22(18(4)5)14-20(17(2)3)15-23(25)19(6)11-10-12-21(26(27,28)29)16-24(30)31-7/h10-12,14-18H,8-9,13H2,1-7H3/b12-10+,19-11+,21-16-. The van der Waals surface area contributed by atoms with Gasteiger partial charge < -0.3 is 9.47 Å². The minimum Gasteiger partial charge on any atom is -0.493 e. The lowest BCUT2D eigenvalue weighted by molar-refractivity contribution is -0.135. The van der Waals surface area contributed by atoms with E-state index in [0.29, 0.717) is 18.6 Å². The van der Waals surface area contributed by atoms with Gasteiger partial charge in [-0.05, 0) is 54.0 Å². The normalized spacial score (nSPS) is 13.4. The van der Waals surface area contributed by atoms with Crippen LogP contribution in [0.1, 0.15) is 82.9 Å². The van der Waals surface area contributed by atoms with Crippen molar-refractivity contribution in [2.45, 2.75) is 72.4 Å². The first-order valence-electron chi connectivity index (χ1n) is 10.9. The molecule has 0 aliphatic carbocycles. The minimum atomic E-state index is -4.66. The number of unbranched alkanes of at least 4 members (excludes halogenated alkanes) is 1. The van der Waals surface area contributed by atoms with E-state index in [1.807, 2.05) is 13.0 Å². The molecule has 0 radical (unpaired) electrons. The van der Waals surface area contributed by atoms with E-state index < -0.39 is 17.7 Å². The Labute approximate surface area is 190 Å². The lowest BCUT2D eigenvalue weighted by Crippen LogP contribution is -2.12.